The van der Waals surface area contributed by atoms with E-state index in [9.17, 15) is 19.8 Å². The zero-order chi connectivity index (χ0) is 22.4. The number of carbonyl (C=O) groups excluding carboxylic acids is 2. The number of β-amino-alcohol motifs (C(OH)–C–C–N with tert-alkyl or cyclic N) is 2. The SMILES string of the molecule is CC(C)(C)OC(=O)N1C[C@@H]2C[C@@H]2[C@H](O)C1.CC(C)(C)OC(=O)N1C[C@H]2C[C@H]2[C@@H](O)C1. The van der Waals surface area contributed by atoms with E-state index in [2.05, 4.69) is 0 Å². The highest BCUT2D eigenvalue weighted by molar-refractivity contribution is 5.69. The Bertz CT molecular complexity index is 599. The quantitative estimate of drug-likeness (QED) is 0.617. The minimum Gasteiger partial charge on any atom is -0.444 e. The van der Waals surface area contributed by atoms with E-state index < -0.39 is 11.2 Å². The number of likely N-dealkylation sites (tertiary alicyclic amines) is 2. The smallest absolute Gasteiger partial charge is 0.410 e. The monoisotopic (exact) mass is 426 g/mol. The molecule has 0 aromatic carbocycles. The average Bonchev–Trinajstić information content (AvgIpc) is 3.45. The summed E-state index contributed by atoms with van der Waals surface area (Å²) in [5.41, 5.74) is -0.912. The van der Waals surface area contributed by atoms with Crippen molar-refractivity contribution in [1.29, 1.82) is 0 Å². The van der Waals surface area contributed by atoms with Gasteiger partial charge in [0.05, 0.1) is 25.3 Å². The minimum atomic E-state index is -0.456. The molecular weight excluding hydrogens is 388 g/mol. The third-order valence-corrected chi connectivity index (χ3v) is 5.97. The Balaban J connectivity index is 0.000000171. The summed E-state index contributed by atoms with van der Waals surface area (Å²) in [6.45, 7) is 13.5. The topological polar surface area (TPSA) is 99.5 Å². The van der Waals surface area contributed by atoms with Crippen molar-refractivity contribution < 1.29 is 29.3 Å². The highest BCUT2D eigenvalue weighted by atomic mass is 16.6. The van der Waals surface area contributed by atoms with Gasteiger partial charge in [0.15, 0.2) is 0 Å². The number of aliphatic hydroxyl groups is 2. The van der Waals surface area contributed by atoms with Crippen LogP contribution in [-0.2, 0) is 9.47 Å². The molecule has 2 amide bonds. The molecule has 0 unspecified atom stereocenters. The van der Waals surface area contributed by atoms with Crippen molar-refractivity contribution in [2.24, 2.45) is 23.7 Å². The minimum absolute atomic E-state index is 0.299. The van der Waals surface area contributed by atoms with Gasteiger partial charge in [0.2, 0.25) is 0 Å². The van der Waals surface area contributed by atoms with Crippen LogP contribution in [0.2, 0.25) is 0 Å². The van der Waals surface area contributed by atoms with Crippen LogP contribution in [0.1, 0.15) is 54.4 Å². The van der Waals surface area contributed by atoms with Crippen LogP contribution < -0.4 is 0 Å². The molecule has 4 fully saturated rings. The van der Waals surface area contributed by atoms with Gasteiger partial charge < -0.3 is 29.5 Å². The lowest BCUT2D eigenvalue weighted by Crippen LogP contribution is -2.45. The van der Waals surface area contributed by atoms with E-state index in [-0.39, 0.29) is 24.4 Å². The lowest BCUT2D eigenvalue weighted by Gasteiger charge is -2.31. The predicted octanol–water partition coefficient (Wildman–Crippen LogP) is 2.47. The van der Waals surface area contributed by atoms with Crippen LogP contribution in [0.3, 0.4) is 0 Å². The fraction of sp³-hybridized carbons (Fsp3) is 0.909. The molecule has 0 spiro atoms. The Labute approximate surface area is 179 Å². The van der Waals surface area contributed by atoms with Crippen molar-refractivity contribution in [2.45, 2.75) is 77.8 Å². The number of carbonyl (C=O) groups is 2. The van der Waals surface area contributed by atoms with Crippen LogP contribution in [-0.4, -0.2) is 81.8 Å². The average molecular weight is 427 g/mol. The van der Waals surface area contributed by atoms with Crippen LogP contribution >= 0.6 is 0 Å². The van der Waals surface area contributed by atoms with Crippen LogP contribution in [0, 0.1) is 23.7 Å². The molecule has 172 valence electrons. The summed E-state index contributed by atoms with van der Waals surface area (Å²) in [6, 6.07) is 0. The maximum atomic E-state index is 11.7. The number of hydrogen-bond donors (Lipinski definition) is 2. The van der Waals surface area contributed by atoms with E-state index in [1.165, 1.54) is 0 Å². The number of hydrogen-bond acceptors (Lipinski definition) is 6. The van der Waals surface area contributed by atoms with Crippen molar-refractivity contribution in [3.05, 3.63) is 0 Å². The Morgan fingerprint density at radius 3 is 1.30 bits per heavy atom. The molecule has 2 saturated heterocycles. The maximum absolute atomic E-state index is 11.7. The predicted molar refractivity (Wildman–Crippen MR) is 111 cm³/mol. The number of amides is 2. The molecule has 2 aliphatic carbocycles. The van der Waals surface area contributed by atoms with E-state index in [1.807, 2.05) is 41.5 Å². The van der Waals surface area contributed by atoms with Gasteiger partial charge in [0.25, 0.3) is 0 Å². The normalized spacial score (nSPS) is 34.7. The molecule has 2 aliphatic heterocycles. The van der Waals surface area contributed by atoms with Gasteiger partial charge in [-0.15, -0.1) is 0 Å². The first-order chi connectivity index (χ1) is 13.7. The van der Waals surface area contributed by atoms with Gasteiger partial charge in [0, 0.05) is 13.1 Å². The fourth-order valence-electron chi connectivity index (χ4n) is 4.29. The van der Waals surface area contributed by atoms with E-state index in [0.29, 0.717) is 36.8 Å². The van der Waals surface area contributed by atoms with Crippen LogP contribution in [0.15, 0.2) is 0 Å². The highest BCUT2D eigenvalue weighted by Crippen LogP contribution is 2.46. The second-order valence-electron chi connectivity index (χ2n) is 11.2. The van der Waals surface area contributed by atoms with E-state index in [1.54, 1.807) is 9.80 Å². The fourth-order valence-corrected chi connectivity index (χ4v) is 4.29. The number of nitrogens with zero attached hydrogens (tertiary/aromatic N) is 2. The zero-order valence-corrected chi connectivity index (χ0v) is 19.1. The van der Waals surface area contributed by atoms with Gasteiger partial charge in [-0.25, -0.2) is 9.59 Å². The summed E-state index contributed by atoms with van der Waals surface area (Å²) in [5, 5.41) is 19.4. The van der Waals surface area contributed by atoms with E-state index in [0.717, 1.165) is 25.9 Å². The lowest BCUT2D eigenvalue weighted by molar-refractivity contribution is 0.000891. The van der Waals surface area contributed by atoms with Gasteiger partial charge in [-0.05, 0) is 78.1 Å². The molecule has 0 bridgehead atoms. The Morgan fingerprint density at radius 1 is 0.700 bits per heavy atom. The van der Waals surface area contributed by atoms with Crippen LogP contribution in [0.4, 0.5) is 9.59 Å². The van der Waals surface area contributed by atoms with E-state index in [4.69, 9.17) is 9.47 Å². The summed E-state index contributed by atoms with van der Waals surface area (Å²) in [4.78, 5) is 26.7. The molecule has 4 aliphatic rings. The molecule has 0 aromatic heterocycles. The molecule has 2 saturated carbocycles. The van der Waals surface area contributed by atoms with Crippen molar-refractivity contribution >= 4 is 12.2 Å². The van der Waals surface area contributed by atoms with Gasteiger partial charge in [-0.1, -0.05) is 0 Å². The van der Waals surface area contributed by atoms with Crippen molar-refractivity contribution in [1.82, 2.24) is 9.80 Å². The second kappa shape index (κ2) is 8.19. The first-order valence-corrected chi connectivity index (χ1v) is 11.1. The summed E-state index contributed by atoms with van der Waals surface area (Å²) in [5.74, 6) is 1.87. The van der Waals surface area contributed by atoms with Crippen molar-refractivity contribution in [3.8, 4) is 0 Å². The molecule has 6 atom stereocenters. The number of piperidine rings is 2. The Kier molecular flexibility index (Phi) is 6.31. The van der Waals surface area contributed by atoms with Gasteiger partial charge >= 0.3 is 12.2 Å². The zero-order valence-electron chi connectivity index (χ0n) is 19.1. The summed E-state index contributed by atoms with van der Waals surface area (Å²) < 4.78 is 10.5. The summed E-state index contributed by atoms with van der Waals surface area (Å²) in [6.07, 6.45) is 0.812. The molecule has 2 N–H and O–H groups in total. The van der Waals surface area contributed by atoms with Crippen molar-refractivity contribution in [3.63, 3.8) is 0 Å². The molecule has 0 aromatic rings. The number of fused-ring (bicyclic) bond motifs is 2. The Morgan fingerprint density at radius 2 is 1.03 bits per heavy atom. The molecule has 2 heterocycles. The molecule has 8 nitrogen and oxygen atoms in total. The van der Waals surface area contributed by atoms with Gasteiger partial charge in [-0.3, -0.25) is 0 Å². The molecule has 0 radical (unpaired) electrons. The summed E-state index contributed by atoms with van der Waals surface area (Å²) >= 11 is 0. The largest absolute Gasteiger partial charge is 0.444 e. The molecule has 30 heavy (non-hydrogen) atoms. The van der Waals surface area contributed by atoms with Crippen LogP contribution in [0.25, 0.3) is 0 Å². The molecule has 8 heteroatoms. The first kappa shape index (κ1) is 23.1. The lowest BCUT2D eigenvalue weighted by atomic mass is 10.1. The molecular formula is C22H38N2O6. The third-order valence-electron chi connectivity index (χ3n) is 5.97. The van der Waals surface area contributed by atoms with Crippen molar-refractivity contribution in [2.75, 3.05) is 26.2 Å². The summed E-state index contributed by atoms with van der Waals surface area (Å²) in [7, 11) is 0. The van der Waals surface area contributed by atoms with E-state index >= 15 is 0 Å². The maximum Gasteiger partial charge on any atom is 0.410 e. The molecule has 4 rings (SSSR count). The standard InChI is InChI=1S/2C11H19NO3/c2*1-11(2,3)15-10(14)12-5-7-4-8(7)9(13)6-12/h2*7-9,13H,4-6H2,1-3H3/t2*7-,8-,9+/m10/s1. The second-order valence-corrected chi connectivity index (χ2v) is 11.2. The van der Waals surface area contributed by atoms with Crippen LogP contribution in [0.5, 0.6) is 0 Å². The number of ether oxygens (including phenoxy) is 2. The van der Waals surface area contributed by atoms with Gasteiger partial charge in [0.1, 0.15) is 11.2 Å². The van der Waals surface area contributed by atoms with Gasteiger partial charge in [-0.2, -0.15) is 0 Å². The Hall–Kier alpha value is -1.54. The first-order valence-electron chi connectivity index (χ1n) is 11.1. The highest BCUT2D eigenvalue weighted by Gasteiger charge is 2.49. The number of rotatable bonds is 0. The number of aliphatic hydroxyl groups excluding tert-OH is 2. The third kappa shape index (κ3) is 6.23.